The van der Waals surface area contributed by atoms with Crippen LogP contribution in [0.5, 0.6) is 0 Å². The van der Waals surface area contributed by atoms with Gasteiger partial charge >= 0.3 is 0 Å². The summed E-state index contributed by atoms with van der Waals surface area (Å²) in [6.07, 6.45) is 2.11. The van der Waals surface area contributed by atoms with E-state index in [0.717, 1.165) is 42.0 Å². The van der Waals surface area contributed by atoms with E-state index in [4.69, 9.17) is 10.7 Å². The molecule has 0 unspecified atom stereocenters. The highest BCUT2D eigenvalue weighted by atomic mass is 15.1. The lowest BCUT2D eigenvalue weighted by molar-refractivity contribution is 0.704. The average molecular weight is 279 g/mol. The van der Waals surface area contributed by atoms with Crippen LogP contribution in [0.15, 0.2) is 42.5 Å². The van der Waals surface area contributed by atoms with Gasteiger partial charge in [-0.05, 0) is 42.7 Å². The lowest BCUT2D eigenvalue weighted by atomic mass is 10.1. The molecule has 0 aliphatic carbocycles. The molecule has 0 amide bonds. The fourth-order valence-electron chi connectivity index (χ4n) is 2.74. The van der Waals surface area contributed by atoms with Crippen molar-refractivity contribution in [2.75, 3.05) is 5.73 Å². The van der Waals surface area contributed by atoms with Crippen molar-refractivity contribution in [2.45, 2.75) is 33.2 Å². The number of rotatable bonds is 4. The number of nitrogens with two attached hydrogens (primary N) is 1. The van der Waals surface area contributed by atoms with Crippen LogP contribution in [-0.4, -0.2) is 9.55 Å². The van der Waals surface area contributed by atoms with Crippen LogP contribution in [0.3, 0.4) is 0 Å². The standard InChI is InChI=1S/C18H21N3/c1-3-10-21-17-9-8-13(4-2)11-16(17)20-18(21)14-6-5-7-15(19)12-14/h5-9,11-12H,3-4,10,19H2,1-2H3. The van der Waals surface area contributed by atoms with Gasteiger partial charge in [-0.15, -0.1) is 0 Å². The second-order valence-electron chi connectivity index (χ2n) is 5.39. The number of fused-ring (bicyclic) bond motifs is 1. The van der Waals surface area contributed by atoms with Gasteiger partial charge in [0, 0.05) is 17.8 Å². The predicted octanol–water partition coefficient (Wildman–Crippen LogP) is 4.26. The van der Waals surface area contributed by atoms with Gasteiger partial charge in [0.05, 0.1) is 11.0 Å². The maximum atomic E-state index is 5.92. The zero-order chi connectivity index (χ0) is 14.8. The number of aryl methyl sites for hydroxylation is 2. The van der Waals surface area contributed by atoms with Crippen LogP contribution in [0.2, 0.25) is 0 Å². The van der Waals surface area contributed by atoms with E-state index in [1.54, 1.807) is 0 Å². The Morgan fingerprint density at radius 1 is 1.10 bits per heavy atom. The van der Waals surface area contributed by atoms with Crippen molar-refractivity contribution >= 4 is 16.7 Å². The minimum atomic E-state index is 0.775. The van der Waals surface area contributed by atoms with E-state index in [1.807, 2.05) is 18.2 Å². The van der Waals surface area contributed by atoms with Gasteiger partial charge in [0.15, 0.2) is 0 Å². The highest BCUT2D eigenvalue weighted by Crippen LogP contribution is 2.27. The van der Waals surface area contributed by atoms with Crippen LogP contribution >= 0.6 is 0 Å². The molecule has 2 aromatic carbocycles. The Bertz CT molecular complexity index is 771. The number of anilines is 1. The van der Waals surface area contributed by atoms with Crippen LogP contribution in [0, 0.1) is 0 Å². The third-order valence-electron chi connectivity index (χ3n) is 3.81. The molecule has 1 heterocycles. The van der Waals surface area contributed by atoms with Crippen LogP contribution in [0.1, 0.15) is 25.8 Å². The maximum Gasteiger partial charge on any atom is 0.141 e. The number of aromatic nitrogens is 2. The van der Waals surface area contributed by atoms with Gasteiger partial charge in [0.1, 0.15) is 5.82 Å². The molecule has 0 atom stereocenters. The van der Waals surface area contributed by atoms with E-state index in [-0.39, 0.29) is 0 Å². The van der Waals surface area contributed by atoms with E-state index >= 15 is 0 Å². The van der Waals surface area contributed by atoms with E-state index in [2.05, 4.69) is 42.7 Å². The Morgan fingerprint density at radius 2 is 1.95 bits per heavy atom. The summed E-state index contributed by atoms with van der Waals surface area (Å²) in [5.41, 5.74) is 11.4. The minimum Gasteiger partial charge on any atom is -0.399 e. The molecule has 3 aromatic rings. The summed E-state index contributed by atoms with van der Waals surface area (Å²) >= 11 is 0. The summed E-state index contributed by atoms with van der Waals surface area (Å²) in [5, 5.41) is 0. The first-order chi connectivity index (χ1) is 10.2. The normalized spacial score (nSPS) is 11.1. The van der Waals surface area contributed by atoms with E-state index in [9.17, 15) is 0 Å². The summed E-state index contributed by atoms with van der Waals surface area (Å²) in [7, 11) is 0. The van der Waals surface area contributed by atoms with Gasteiger partial charge in [-0.3, -0.25) is 0 Å². The third-order valence-corrected chi connectivity index (χ3v) is 3.81. The molecule has 0 aliphatic heterocycles. The highest BCUT2D eigenvalue weighted by molar-refractivity contribution is 5.81. The molecule has 0 saturated heterocycles. The molecular weight excluding hydrogens is 258 g/mol. The molecule has 0 bridgehead atoms. The number of nitrogen functional groups attached to an aromatic ring is 1. The van der Waals surface area contributed by atoms with Gasteiger partial charge in [-0.2, -0.15) is 0 Å². The second-order valence-corrected chi connectivity index (χ2v) is 5.39. The molecule has 21 heavy (non-hydrogen) atoms. The smallest absolute Gasteiger partial charge is 0.141 e. The molecule has 0 aliphatic rings. The fourth-order valence-corrected chi connectivity index (χ4v) is 2.74. The van der Waals surface area contributed by atoms with E-state index in [1.165, 1.54) is 11.1 Å². The van der Waals surface area contributed by atoms with Gasteiger partial charge in [0.25, 0.3) is 0 Å². The van der Waals surface area contributed by atoms with Crippen molar-refractivity contribution in [3.63, 3.8) is 0 Å². The topological polar surface area (TPSA) is 43.8 Å². The SMILES string of the molecule is CCCn1c(-c2cccc(N)c2)nc2cc(CC)ccc21. The molecule has 0 saturated carbocycles. The Morgan fingerprint density at radius 3 is 2.67 bits per heavy atom. The highest BCUT2D eigenvalue weighted by Gasteiger charge is 2.12. The van der Waals surface area contributed by atoms with Crippen molar-refractivity contribution < 1.29 is 0 Å². The van der Waals surface area contributed by atoms with Crippen molar-refractivity contribution in [1.29, 1.82) is 0 Å². The predicted molar refractivity (Wildman–Crippen MR) is 89.3 cm³/mol. The van der Waals surface area contributed by atoms with Crippen molar-refractivity contribution in [3.8, 4) is 11.4 Å². The molecule has 1 aromatic heterocycles. The zero-order valence-electron chi connectivity index (χ0n) is 12.6. The monoisotopic (exact) mass is 279 g/mol. The summed E-state index contributed by atoms with van der Waals surface area (Å²) in [6.45, 7) is 5.32. The van der Waals surface area contributed by atoms with Crippen LogP contribution in [0.4, 0.5) is 5.69 Å². The van der Waals surface area contributed by atoms with Crippen LogP contribution in [-0.2, 0) is 13.0 Å². The van der Waals surface area contributed by atoms with Gasteiger partial charge < -0.3 is 10.3 Å². The minimum absolute atomic E-state index is 0.775. The molecule has 108 valence electrons. The van der Waals surface area contributed by atoms with Crippen molar-refractivity contribution in [2.24, 2.45) is 0 Å². The number of nitrogens with zero attached hydrogens (tertiary/aromatic N) is 2. The Kier molecular flexibility index (Phi) is 3.65. The second kappa shape index (κ2) is 5.60. The summed E-state index contributed by atoms with van der Waals surface area (Å²) in [5.74, 6) is 1.01. The molecule has 0 spiro atoms. The lowest BCUT2D eigenvalue weighted by Gasteiger charge is -2.08. The summed E-state index contributed by atoms with van der Waals surface area (Å²) in [4.78, 5) is 4.86. The quantitative estimate of drug-likeness (QED) is 0.725. The first-order valence-corrected chi connectivity index (χ1v) is 7.58. The summed E-state index contributed by atoms with van der Waals surface area (Å²) in [6, 6.07) is 14.5. The fraction of sp³-hybridized carbons (Fsp3) is 0.278. The number of imidazole rings is 1. The largest absolute Gasteiger partial charge is 0.399 e. The van der Waals surface area contributed by atoms with E-state index < -0.39 is 0 Å². The number of hydrogen-bond acceptors (Lipinski definition) is 2. The van der Waals surface area contributed by atoms with Gasteiger partial charge in [-0.1, -0.05) is 32.0 Å². The lowest BCUT2D eigenvalue weighted by Crippen LogP contribution is -2.00. The Labute approximate surface area is 125 Å². The first kappa shape index (κ1) is 13.7. The van der Waals surface area contributed by atoms with Gasteiger partial charge in [0.2, 0.25) is 0 Å². The average Bonchev–Trinajstić information content (AvgIpc) is 2.85. The molecule has 2 N–H and O–H groups in total. The number of benzene rings is 2. The van der Waals surface area contributed by atoms with Crippen LogP contribution in [0.25, 0.3) is 22.4 Å². The molecular formula is C18H21N3. The molecule has 3 nitrogen and oxygen atoms in total. The van der Waals surface area contributed by atoms with Crippen LogP contribution < -0.4 is 5.73 Å². The zero-order valence-corrected chi connectivity index (χ0v) is 12.6. The maximum absolute atomic E-state index is 5.92. The molecule has 3 heteroatoms. The Balaban J connectivity index is 2.23. The third kappa shape index (κ3) is 2.51. The van der Waals surface area contributed by atoms with Gasteiger partial charge in [-0.25, -0.2) is 4.98 Å². The van der Waals surface area contributed by atoms with Crippen molar-refractivity contribution in [3.05, 3.63) is 48.0 Å². The first-order valence-electron chi connectivity index (χ1n) is 7.58. The number of hydrogen-bond donors (Lipinski definition) is 1. The molecule has 0 radical (unpaired) electrons. The Hall–Kier alpha value is -2.29. The van der Waals surface area contributed by atoms with Crippen molar-refractivity contribution in [1.82, 2.24) is 9.55 Å². The molecule has 0 fully saturated rings. The molecule has 3 rings (SSSR count). The van der Waals surface area contributed by atoms with E-state index in [0.29, 0.717) is 0 Å². The summed E-state index contributed by atoms with van der Waals surface area (Å²) < 4.78 is 2.30.